The van der Waals surface area contributed by atoms with Gasteiger partial charge in [0.25, 0.3) is 0 Å². The molecule has 1 aromatic heterocycles. The van der Waals surface area contributed by atoms with Crippen molar-refractivity contribution in [3.8, 4) is 0 Å². The lowest BCUT2D eigenvalue weighted by Gasteiger charge is -2.01. The van der Waals surface area contributed by atoms with E-state index in [2.05, 4.69) is 15.5 Å². The minimum absolute atomic E-state index is 0.238. The average Bonchev–Trinajstić information content (AvgIpc) is 2.14. The zero-order valence-electron chi connectivity index (χ0n) is 6.90. The number of aliphatic hydroxyl groups excluding tert-OH is 1. The van der Waals surface area contributed by atoms with Crippen LogP contribution < -0.4 is 5.32 Å². The van der Waals surface area contributed by atoms with Gasteiger partial charge in [-0.15, -0.1) is 0 Å². The van der Waals surface area contributed by atoms with Gasteiger partial charge in [-0.3, -0.25) is 0 Å². The molecule has 4 heteroatoms. The minimum Gasteiger partial charge on any atom is -0.396 e. The molecule has 0 aliphatic carbocycles. The molecule has 0 aromatic carbocycles. The fourth-order valence-electron chi connectivity index (χ4n) is 0.859. The van der Waals surface area contributed by atoms with Gasteiger partial charge >= 0.3 is 0 Å². The van der Waals surface area contributed by atoms with Crippen molar-refractivity contribution in [1.29, 1.82) is 0 Å². The maximum absolute atomic E-state index is 8.50. The molecule has 0 spiro atoms. The Balaban J connectivity index is 2.16. The van der Waals surface area contributed by atoms with Crippen LogP contribution in [0.1, 0.15) is 12.0 Å². The molecule has 0 saturated heterocycles. The van der Waals surface area contributed by atoms with E-state index in [0.717, 1.165) is 25.1 Å². The van der Waals surface area contributed by atoms with Crippen LogP contribution in [0.15, 0.2) is 18.5 Å². The molecular weight excluding hydrogens is 154 g/mol. The van der Waals surface area contributed by atoms with E-state index in [4.69, 9.17) is 5.11 Å². The largest absolute Gasteiger partial charge is 0.396 e. The Morgan fingerprint density at radius 1 is 1.42 bits per heavy atom. The lowest BCUT2D eigenvalue weighted by Crippen LogP contribution is -2.15. The summed E-state index contributed by atoms with van der Waals surface area (Å²) in [6.07, 6.45) is 4.19. The summed E-state index contributed by atoms with van der Waals surface area (Å²) in [5, 5.41) is 19.1. The maximum Gasteiger partial charge on any atom is 0.0541 e. The Morgan fingerprint density at radius 2 is 2.33 bits per heavy atom. The quantitative estimate of drug-likeness (QED) is 0.604. The maximum atomic E-state index is 8.50. The second-order valence-corrected chi connectivity index (χ2v) is 2.50. The minimum atomic E-state index is 0.238. The Morgan fingerprint density at radius 3 is 3.00 bits per heavy atom. The third-order valence-electron chi connectivity index (χ3n) is 1.49. The highest BCUT2D eigenvalue weighted by atomic mass is 16.3. The Hall–Kier alpha value is -1.00. The van der Waals surface area contributed by atoms with Crippen LogP contribution in [-0.2, 0) is 6.54 Å². The van der Waals surface area contributed by atoms with Crippen molar-refractivity contribution in [3.05, 3.63) is 24.0 Å². The van der Waals surface area contributed by atoms with E-state index < -0.39 is 0 Å². The van der Waals surface area contributed by atoms with E-state index in [1.165, 1.54) is 0 Å². The number of rotatable bonds is 5. The summed E-state index contributed by atoms with van der Waals surface area (Å²) in [4.78, 5) is 0. The molecule has 66 valence electrons. The zero-order valence-corrected chi connectivity index (χ0v) is 6.90. The Bertz CT molecular complexity index is 203. The van der Waals surface area contributed by atoms with Gasteiger partial charge in [0.2, 0.25) is 0 Å². The van der Waals surface area contributed by atoms with Gasteiger partial charge in [-0.2, -0.15) is 10.2 Å². The molecule has 0 aliphatic heterocycles. The summed E-state index contributed by atoms with van der Waals surface area (Å²) in [7, 11) is 0. The molecule has 0 aliphatic rings. The molecule has 0 bridgehead atoms. The smallest absolute Gasteiger partial charge is 0.0541 e. The first-order valence-electron chi connectivity index (χ1n) is 4.00. The first-order chi connectivity index (χ1) is 5.93. The fourth-order valence-corrected chi connectivity index (χ4v) is 0.859. The van der Waals surface area contributed by atoms with Crippen molar-refractivity contribution in [3.63, 3.8) is 0 Å². The monoisotopic (exact) mass is 167 g/mol. The molecule has 1 heterocycles. The summed E-state index contributed by atoms with van der Waals surface area (Å²) < 4.78 is 0. The summed E-state index contributed by atoms with van der Waals surface area (Å²) >= 11 is 0. The summed E-state index contributed by atoms with van der Waals surface area (Å²) in [5.41, 5.74) is 1.11. The van der Waals surface area contributed by atoms with Crippen molar-refractivity contribution < 1.29 is 5.11 Å². The van der Waals surface area contributed by atoms with Crippen molar-refractivity contribution in [1.82, 2.24) is 15.5 Å². The van der Waals surface area contributed by atoms with Crippen LogP contribution in [0, 0.1) is 0 Å². The van der Waals surface area contributed by atoms with Crippen molar-refractivity contribution in [2.24, 2.45) is 0 Å². The first kappa shape index (κ1) is 9.09. The predicted octanol–water partition coefficient (Wildman–Crippen LogP) is -0.0514. The lowest BCUT2D eigenvalue weighted by atomic mass is 10.3. The fraction of sp³-hybridized carbons (Fsp3) is 0.500. The van der Waals surface area contributed by atoms with E-state index in [9.17, 15) is 0 Å². The van der Waals surface area contributed by atoms with Gasteiger partial charge in [-0.05, 0) is 24.6 Å². The summed E-state index contributed by atoms with van der Waals surface area (Å²) in [6.45, 7) is 1.86. The van der Waals surface area contributed by atoms with Gasteiger partial charge < -0.3 is 10.4 Å². The second-order valence-electron chi connectivity index (χ2n) is 2.50. The van der Waals surface area contributed by atoms with Gasteiger partial charge in [0.05, 0.1) is 6.20 Å². The SMILES string of the molecule is OCCCNCc1ccnnc1. The third-order valence-corrected chi connectivity index (χ3v) is 1.49. The highest BCUT2D eigenvalue weighted by Crippen LogP contribution is 1.91. The van der Waals surface area contributed by atoms with Gasteiger partial charge in [0.1, 0.15) is 0 Å². The summed E-state index contributed by atoms with van der Waals surface area (Å²) in [6, 6.07) is 1.92. The van der Waals surface area contributed by atoms with Crippen LogP contribution in [0.2, 0.25) is 0 Å². The molecule has 2 N–H and O–H groups in total. The van der Waals surface area contributed by atoms with E-state index in [-0.39, 0.29) is 6.61 Å². The molecule has 0 fully saturated rings. The number of hydrogen-bond acceptors (Lipinski definition) is 4. The van der Waals surface area contributed by atoms with Gasteiger partial charge in [0.15, 0.2) is 0 Å². The first-order valence-corrected chi connectivity index (χ1v) is 4.00. The average molecular weight is 167 g/mol. The number of nitrogens with one attached hydrogen (secondary N) is 1. The van der Waals surface area contributed by atoms with Crippen LogP contribution in [0.4, 0.5) is 0 Å². The Kier molecular flexibility index (Phi) is 4.26. The van der Waals surface area contributed by atoms with Crippen LogP contribution in [0.5, 0.6) is 0 Å². The zero-order chi connectivity index (χ0) is 8.65. The van der Waals surface area contributed by atoms with Gasteiger partial charge in [0, 0.05) is 19.3 Å². The van der Waals surface area contributed by atoms with E-state index in [1.54, 1.807) is 12.4 Å². The highest BCUT2D eigenvalue weighted by molar-refractivity contribution is 5.04. The standard InChI is InChI=1S/C8H13N3O/c12-5-1-3-9-6-8-2-4-10-11-7-8/h2,4,7,9,12H,1,3,5-6H2. The number of aromatic nitrogens is 2. The molecule has 12 heavy (non-hydrogen) atoms. The molecule has 0 unspecified atom stereocenters. The number of hydrogen-bond donors (Lipinski definition) is 2. The van der Waals surface area contributed by atoms with Gasteiger partial charge in [-0.25, -0.2) is 0 Å². The topological polar surface area (TPSA) is 58.0 Å². The van der Waals surface area contributed by atoms with E-state index in [0.29, 0.717) is 0 Å². The third kappa shape index (κ3) is 3.41. The van der Waals surface area contributed by atoms with Crippen molar-refractivity contribution in [2.45, 2.75) is 13.0 Å². The van der Waals surface area contributed by atoms with E-state index in [1.807, 2.05) is 6.07 Å². The molecule has 0 amide bonds. The van der Waals surface area contributed by atoms with Crippen LogP contribution in [-0.4, -0.2) is 28.5 Å². The molecular formula is C8H13N3O. The van der Waals surface area contributed by atoms with Crippen LogP contribution in [0.3, 0.4) is 0 Å². The highest BCUT2D eigenvalue weighted by Gasteiger charge is 1.90. The molecule has 0 atom stereocenters. The number of aliphatic hydroxyl groups is 1. The normalized spacial score (nSPS) is 10.1. The van der Waals surface area contributed by atoms with Crippen LogP contribution in [0.25, 0.3) is 0 Å². The summed E-state index contributed by atoms with van der Waals surface area (Å²) in [5.74, 6) is 0. The molecule has 4 nitrogen and oxygen atoms in total. The van der Waals surface area contributed by atoms with Crippen molar-refractivity contribution in [2.75, 3.05) is 13.2 Å². The Labute approximate surface area is 71.6 Å². The number of nitrogens with zero attached hydrogens (tertiary/aromatic N) is 2. The van der Waals surface area contributed by atoms with E-state index >= 15 is 0 Å². The van der Waals surface area contributed by atoms with Crippen molar-refractivity contribution >= 4 is 0 Å². The predicted molar refractivity (Wildman–Crippen MR) is 45.4 cm³/mol. The molecule has 1 aromatic rings. The molecule has 0 radical (unpaired) electrons. The molecule has 0 saturated carbocycles. The van der Waals surface area contributed by atoms with Crippen LogP contribution >= 0.6 is 0 Å². The van der Waals surface area contributed by atoms with Gasteiger partial charge in [-0.1, -0.05) is 0 Å². The second kappa shape index (κ2) is 5.62. The molecule has 1 rings (SSSR count). The lowest BCUT2D eigenvalue weighted by molar-refractivity contribution is 0.286.